The van der Waals surface area contributed by atoms with Crippen LogP contribution in [0, 0.1) is 0 Å². The molecule has 0 saturated heterocycles. The van der Waals surface area contributed by atoms with Gasteiger partial charge in [0.2, 0.25) is 5.76 Å². The quantitative estimate of drug-likeness (QED) is 0.650. The molecule has 3 N–H and O–H groups in total. The van der Waals surface area contributed by atoms with Gasteiger partial charge in [-0.25, -0.2) is 9.78 Å². The van der Waals surface area contributed by atoms with Gasteiger partial charge in [-0.1, -0.05) is 0 Å². The van der Waals surface area contributed by atoms with Crippen LogP contribution < -0.4 is 5.32 Å². The summed E-state index contributed by atoms with van der Waals surface area (Å²) in [5, 5.41) is 17.8. The van der Waals surface area contributed by atoms with E-state index in [1.807, 2.05) is 0 Å². The van der Waals surface area contributed by atoms with E-state index >= 15 is 0 Å². The van der Waals surface area contributed by atoms with E-state index in [9.17, 15) is 9.59 Å². The number of imidazole rings is 1. The molecule has 3 aromatic heterocycles. The van der Waals surface area contributed by atoms with Gasteiger partial charge >= 0.3 is 5.97 Å². The molecule has 0 fully saturated rings. The van der Waals surface area contributed by atoms with Crippen molar-refractivity contribution in [2.75, 3.05) is 5.32 Å². The third-order valence-electron chi connectivity index (χ3n) is 2.62. The maximum atomic E-state index is 11.9. The summed E-state index contributed by atoms with van der Waals surface area (Å²) >= 11 is 0. The number of furan rings is 1. The fourth-order valence-electron chi connectivity index (χ4n) is 1.71. The second-order valence-corrected chi connectivity index (χ2v) is 4.11. The van der Waals surface area contributed by atoms with Crippen molar-refractivity contribution in [3.05, 3.63) is 30.0 Å². The van der Waals surface area contributed by atoms with Gasteiger partial charge in [-0.05, 0) is 0 Å². The molecule has 0 aliphatic heterocycles. The number of amides is 1. The van der Waals surface area contributed by atoms with Crippen LogP contribution in [0.5, 0.6) is 0 Å². The van der Waals surface area contributed by atoms with Gasteiger partial charge < -0.3 is 19.4 Å². The number of nitrogens with one attached hydrogen (secondary N) is 2. The Hall–Kier alpha value is -3.10. The molecule has 3 aromatic rings. The number of H-pyrrole nitrogens is 1. The van der Waals surface area contributed by atoms with Gasteiger partial charge in [-0.2, -0.15) is 5.10 Å². The Balaban J connectivity index is 1.90. The van der Waals surface area contributed by atoms with Crippen LogP contribution in [-0.4, -0.2) is 36.7 Å². The average molecular weight is 275 g/mol. The molecule has 0 radical (unpaired) electrons. The number of fused-ring (bicyclic) bond motifs is 1. The molecule has 3 rings (SSSR count). The van der Waals surface area contributed by atoms with Crippen molar-refractivity contribution in [1.82, 2.24) is 19.7 Å². The molecule has 0 aliphatic rings. The molecule has 1 amide bonds. The molecule has 0 spiro atoms. The molecule has 0 bridgehead atoms. The van der Waals surface area contributed by atoms with Gasteiger partial charge in [-0.15, -0.1) is 0 Å². The number of hydrogen-bond acceptors (Lipinski definition) is 5. The van der Waals surface area contributed by atoms with E-state index in [0.717, 1.165) is 0 Å². The fraction of sp³-hybridized carbons (Fsp3) is 0.0909. The van der Waals surface area contributed by atoms with Crippen molar-refractivity contribution >= 4 is 28.8 Å². The highest BCUT2D eigenvalue weighted by Gasteiger charge is 2.18. The topological polar surface area (TPSA) is 126 Å². The number of rotatable bonds is 3. The predicted molar refractivity (Wildman–Crippen MR) is 66.5 cm³/mol. The number of aromatic nitrogens is 4. The summed E-state index contributed by atoms with van der Waals surface area (Å²) in [6.07, 6.45) is 3.04. The summed E-state index contributed by atoms with van der Waals surface area (Å²) in [6.45, 7) is 0. The Morgan fingerprint density at radius 2 is 2.30 bits per heavy atom. The van der Waals surface area contributed by atoms with E-state index in [-0.39, 0.29) is 22.9 Å². The zero-order valence-electron chi connectivity index (χ0n) is 10.2. The lowest BCUT2D eigenvalue weighted by Gasteiger charge is -1.97. The molecule has 3 heterocycles. The standard InChI is InChI=1S/C11H9N5O4/c1-16-3-6(12-4-16)10(17)13-9-8-5(14-15-9)2-7(20-8)11(18)19/h2-4H,1H3,(H,18,19)(H2,13,14,15,17). The van der Waals surface area contributed by atoms with Gasteiger partial charge in [0, 0.05) is 19.3 Å². The molecule has 9 heteroatoms. The number of anilines is 1. The van der Waals surface area contributed by atoms with Crippen LogP contribution in [0.1, 0.15) is 21.0 Å². The highest BCUT2D eigenvalue weighted by Crippen LogP contribution is 2.24. The second kappa shape index (κ2) is 4.23. The lowest BCUT2D eigenvalue weighted by atomic mass is 10.4. The molecule has 0 unspecified atom stereocenters. The third-order valence-corrected chi connectivity index (χ3v) is 2.62. The van der Waals surface area contributed by atoms with Crippen molar-refractivity contribution in [3.63, 3.8) is 0 Å². The van der Waals surface area contributed by atoms with E-state index in [1.165, 1.54) is 12.4 Å². The van der Waals surface area contributed by atoms with E-state index < -0.39 is 11.9 Å². The maximum Gasteiger partial charge on any atom is 0.371 e. The van der Waals surface area contributed by atoms with Crippen LogP contribution in [0.2, 0.25) is 0 Å². The van der Waals surface area contributed by atoms with Gasteiger partial charge in [-0.3, -0.25) is 9.89 Å². The summed E-state index contributed by atoms with van der Waals surface area (Å²) in [5.74, 6) is -1.78. The number of carboxylic acid groups (broad SMARTS) is 1. The van der Waals surface area contributed by atoms with Crippen LogP contribution in [0.15, 0.2) is 23.0 Å². The minimum absolute atomic E-state index is 0.114. The molecule has 0 aliphatic carbocycles. The zero-order valence-corrected chi connectivity index (χ0v) is 10.2. The minimum Gasteiger partial charge on any atom is -0.475 e. The number of aromatic carboxylic acids is 1. The number of aryl methyl sites for hydroxylation is 1. The van der Waals surface area contributed by atoms with Crippen LogP contribution in [0.25, 0.3) is 11.1 Å². The Labute approximate surface area is 111 Å². The Morgan fingerprint density at radius 3 is 2.95 bits per heavy atom. The summed E-state index contributed by atoms with van der Waals surface area (Å²) in [7, 11) is 1.74. The van der Waals surface area contributed by atoms with Crippen LogP contribution in [-0.2, 0) is 7.05 Å². The molecule has 9 nitrogen and oxygen atoms in total. The maximum absolute atomic E-state index is 11.9. The van der Waals surface area contributed by atoms with Crippen molar-refractivity contribution < 1.29 is 19.1 Å². The van der Waals surface area contributed by atoms with Crippen LogP contribution >= 0.6 is 0 Å². The van der Waals surface area contributed by atoms with E-state index in [4.69, 9.17) is 9.52 Å². The first-order valence-electron chi connectivity index (χ1n) is 5.55. The molecule has 20 heavy (non-hydrogen) atoms. The summed E-state index contributed by atoms with van der Waals surface area (Å²) in [6, 6.07) is 1.29. The van der Waals surface area contributed by atoms with E-state index in [2.05, 4.69) is 20.5 Å². The molecule has 102 valence electrons. The average Bonchev–Trinajstić information content (AvgIpc) is 3.05. The molecular formula is C11H9N5O4. The number of hydrogen-bond donors (Lipinski definition) is 3. The van der Waals surface area contributed by atoms with Crippen molar-refractivity contribution in [1.29, 1.82) is 0 Å². The van der Waals surface area contributed by atoms with E-state index in [0.29, 0.717) is 5.52 Å². The van der Waals surface area contributed by atoms with Crippen LogP contribution in [0.4, 0.5) is 5.82 Å². The monoisotopic (exact) mass is 275 g/mol. The van der Waals surface area contributed by atoms with Crippen molar-refractivity contribution in [2.45, 2.75) is 0 Å². The zero-order chi connectivity index (χ0) is 14.3. The van der Waals surface area contributed by atoms with Crippen molar-refractivity contribution in [3.8, 4) is 0 Å². The first-order valence-corrected chi connectivity index (χ1v) is 5.55. The van der Waals surface area contributed by atoms with Gasteiger partial charge in [0.05, 0.1) is 6.33 Å². The molecular weight excluding hydrogens is 266 g/mol. The molecule has 0 aromatic carbocycles. The fourth-order valence-corrected chi connectivity index (χ4v) is 1.71. The third kappa shape index (κ3) is 1.90. The van der Waals surface area contributed by atoms with Gasteiger partial charge in [0.1, 0.15) is 11.2 Å². The van der Waals surface area contributed by atoms with Gasteiger partial charge in [0.15, 0.2) is 11.4 Å². The molecule has 0 saturated carbocycles. The van der Waals surface area contributed by atoms with Crippen molar-refractivity contribution in [2.24, 2.45) is 7.05 Å². The SMILES string of the molecule is Cn1cnc(C(=O)Nc2n[nH]c3cc(C(=O)O)oc23)c1. The number of nitrogens with zero attached hydrogens (tertiary/aromatic N) is 3. The van der Waals surface area contributed by atoms with Crippen LogP contribution in [0.3, 0.4) is 0 Å². The normalized spacial score (nSPS) is 10.8. The minimum atomic E-state index is -1.20. The lowest BCUT2D eigenvalue weighted by molar-refractivity contribution is 0.0665. The lowest BCUT2D eigenvalue weighted by Crippen LogP contribution is -2.12. The Kier molecular flexibility index (Phi) is 2.53. The first kappa shape index (κ1) is 12.0. The highest BCUT2D eigenvalue weighted by atomic mass is 16.4. The Morgan fingerprint density at radius 1 is 1.50 bits per heavy atom. The smallest absolute Gasteiger partial charge is 0.371 e. The number of carbonyl (C=O) groups excluding carboxylic acids is 1. The summed E-state index contributed by atoms with van der Waals surface area (Å²) in [4.78, 5) is 26.6. The number of aromatic amines is 1. The van der Waals surface area contributed by atoms with Gasteiger partial charge in [0.25, 0.3) is 5.91 Å². The number of carbonyl (C=O) groups is 2. The van der Waals surface area contributed by atoms with E-state index in [1.54, 1.807) is 17.8 Å². The summed E-state index contributed by atoms with van der Waals surface area (Å²) < 4.78 is 6.74. The first-order chi connectivity index (χ1) is 9.54. The number of carboxylic acids is 1. The Bertz CT molecular complexity index is 812. The largest absolute Gasteiger partial charge is 0.475 e. The molecule has 0 atom stereocenters. The predicted octanol–water partition coefficient (Wildman–Crippen LogP) is 0.840. The second-order valence-electron chi connectivity index (χ2n) is 4.11. The summed E-state index contributed by atoms with van der Waals surface area (Å²) in [5.41, 5.74) is 0.777. The highest BCUT2D eigenvalue weighted by molar-refractivity contribution is 6.06.